The highest BCUT2D eigenvalue weighted by Gasteiger charge is 2.29. The summed E-state index contributed by atoms with van der Waals surface area (Å²) in [5, 5.41) is 20.4. The monoisotopic (exact) mass is 255 g/mol. The van der Waals surface area contributed by atoms with Gasteiger partial charge in [-0.15, -0.1) is 0 Å². The Labute approximate surface area is 103 Å². The highest BCUT2D eigenvalue weighted by Crippen LogP contribution is 2.22. The van der Waals surface area contributed by atoms with Crippen molar-refractivity contribution >= 4 is 11.7 Å². The maximum absolute atomic E-state index is 11.3. The van der Waals surface area contributed by atoms with Gasteiger partial charge in [0.15, 0.2) is 6.10 Å². The quantitative estimate of drug-likeness (QED) is 0.475. The lowest BCUT2D eigenvalue weighted by atomic mass is 10.0. The van der Waals surface area contributed by atoms with Gasteiger partial charge >= 0.3 is 5.97 Å². The van der Waals surface area contributed by atoms with Gasteiger partial charge < -0.3 is 14.6 Å². The van der Waals surface area contributed by atoms with Crippen LogP contribution in [0.3, 0.4) is 0 Å². The Kier molecular flexibility index (Phi) is 4.75. The van der Waals surface area contributed by atoms with E-state index >= 15 is 0 Å². The molecule has 0 heterocycles. The van der Waals surface area contributed by atoms with E-state index in [0.717, 1.165) is 0 Å². The maximum Gasteiger partial charge on any atom is 0.338 e. The molecule has 0 radical (unpaired) electrons. The van der Waals surface area contributed by atoms with Crippen molar-refractivity contribution in [3.05, 3.63) is 39.9 Å². The highest BCUT2D eigenvalue weighted by molar-refractivity contribution is 5.75. The van der Waals surface area contributed by atoms with Crippen LogP contribution in [0.25, 0.3) is 0 Å². The molecule has 0 unspecified atom stereocenters. The number of carbonyl (C=O) groups excluding carboxylic acids is 1. The second-order valence-electron chi connectivity index (χ2n) is 3.47. The average molecular weight is 255 g/mol. The lowest BCUT2D eigenvalue weighted by molar-refractivity contribution is -0.384. The molecule has 1 aromatic carbocycles. The van der Waals surface area contributed by atoms with E-state index in [1.54, 1.807) is 0 Å². The normalized spacial score (nSPS) is 13.7. The Morgan fingerprint density at radius 3 is 2.28 bits per heavy atom. The summed E-state index contributed by atoms with van der Waals surface area (Å²) in [5.74, 6) is -0.719. The molecule has 0 spiro atoms. The second kappa shape index (κ2) is 6.08. The highest BCUT2D eigenvalue weighted by atomic mass is 16.6. The Morgan fingerprint density at radius 2 is 1.89 bits per heavy atom. The van der Waals surface area contributed by atoms with E-state index in [9.17, 15) is 20.0 Å². The van der Waals surface area contributed by atoms with Crippen LogP contribution in [0.2, 0.25) is 0 Å². The molecule has 1 aromatic rings. The fourth-order valence-electron chi connectivity index (χ4n) is 1.44. The smallest absolute Gasteiger partial charge is 0.338 e. The molecule has 0 bridgehead atoms. The molecule has 0 aliphatic carbocycles. The van der Waals surface area contributed by atoms with E-state index in [0.29, 0.717) is 5.56 Å². The van der Waals surface area contributed by atoms with Gasteiger partial charge in [-0.3, -0.25) is 10.1 Å². The first-order chi connectivity index (χ1) is 8.51. The molecule has 98 valence electrons. The summed E-state index contributed by atoms with van der Waals surface area (Å²) in [4.78, 5) is 21.2. The molecule has 7 nitrogen and oxygen atoms in total. The Morgan fingerprint density at radius 1 is 1.33 bits per heavy atom. The number of ether oxygens (including phenoxy) is 2. The fraction of sp³-hybridized carbons (Fsp3) is 0.364. The number of hydrogen-bond donors (Lipinski definition) is 1. The summed E-state index contributed by atoms with van der Waals surface area (Å²) in [6.45, 7) is 0. The lowest BCUT2D eigenvalue weighted by Crippen LogP contribution is -2.31. The standard InChI is InChI=1S/C11H13NO6/c1-17-10(11(14)18-2)9(13)7-3-5-8(6-4-7)12(15)16/h3-6,9-10,13H,1-2H3/t9-,10+/m0/s1. The first-order valence-corrected chi connectivity index (χ1v) is 5.04. The Bertz CT molecular complexity index is 430. The molecule has 0 aliphatic rings. The Balaban J connectivity index is 2.91. The Hall–Kier alpha value is -1.99. The number of aliphatic hydroxyl groups excluding tert-OH is 1. The van der Waals surface area contributed by atoms with Crippen LogP contribution in [0.15, 0.2) is 24.3 Å². The van der Waals surface area contributed by atoms with Gasteiger partial charge in [-0.1, -0.05) is 0 Å². The average Bonchev–Trinajstić information content (AvgIpc) is 2.39. The first-order valence-electron chi connectivity index (χ1n) is 5.04. The van der Waals surface area contributed by atoms with Crippen LogP contribution in [0.1, 0.15) is 11.7 Å². The van der Waals surface area contributed by atoms with Crippen molar-refractivity contribution in [2.24, 2.45) is 0 Å². The van der Waals surface area contributed by atoms with Crippen LogP contribution >= 0.6 is 0 Å². The number of benzene rings is 1. The summed E-state index contributed by atoms with van der Waals surface area (Å²) in [7, 11) is 2.44. The van der Waals surface area contributed by atoms with Crippen molar-refractivity contribution in [3.63, 3.8) is 0 Å². The van der Waals surface area contributed by atoms with Gasteiger partial charge in [0.05, 0.1) is 12.0 Å². The van der Waals surface area contributed by atoms with Gasteiger partial charge in [-0.05, 0) is 17.7 Å². The van der Waals surface area contributed by atoms with E-state index in [-0.39, 0.29) is 5.69 Å². The van der Waals surface area contributed by atoms with Gasteiger partial charge in [0.2, 0.25) is 0 Å². The summed E-state index contributed by atoms with van der Waals surface area (Å²) < 4.78 is 9.31. The molecule has 7 heteroatoms. The van der Waals surface area contributed by atoms with Crippen LogP contribution in [0.5, 0.6) is 0 Å². The van der Waals surface area contributed by atoms with Crippen LogP contribution in [0.4, 0.5) is 5.69 Å². The number of rotatable bonds is 5. The van der Waals surface area contributed by atoms with E-state index in [1.807, 2.05) is 0 Å². The van der Waals surface area contributed by atoms with E-state index < -0.39 is 23.1 Å². The summed E-state index contributed by atoms with van der Waals surface area (Å²) in [6.07, 6.45) is -2.42. The third-order valence-electron chi connectivity index (χ3n) is 2.42. The number of methoxy groups -OCH3 is 2. The number of hydrogen-bond acceptors (Lipinski definition) is 6. The largest absolute Gasteiger partial charge is 0.467 e. The molecule has 0 saturated heterocycles. The summed E-state index contributed by atoms with van der Waals surface area (Å²) >= 11 is 0. The molecular formula is C11H13NO6. The molecule has 0 aromatic heterocycles. The van der Waals surface area contributed by atoms with Gasteiger partial charge in [0, 0.05) is 19.2 Å². The minimum atomic E-state index is -1.25. The molecular weight excluding hydrogens is 242 g/mol. The topological polar surface area (TPSA) is 98.9 Å². The fourth-order valence-corrected chi connectivity index (χ4v) is 1.44. The third-order valence-corrected chi connectivity index (χ3v) is 2.42. The van der Waals surface area contributed by atoms with E-state index in [2.05, 4.69) is 4.74 Å². The number of esters is 1. The molecule has 0 fully saturated rings. The van der Waals surface area contributed by atoms with Crippen molar-refractivity contribution in [2.75, 3.05) is 14.2 Å². The van der Waals surface area contributed by atoms with Crippen LogP contribution in [0, 0.1) is 10.1 Å². The molecule has 0 aliphatic heterocycles. The number of aliphatic hydroxyl groups is 1. The van der Waals surface area contributed by atoms with Crippen molar-refractivity contribution in [3.8, 4) is 0 Å². The molecule has 18 heavy (non-hydrogen) atoms. The predicted molar refractivity (Wildman–Crippen MR) is 60.9 cm³/mol. The third kappa shape index (κ3) is 3.02. The van der Waals surface area contributed by atoms with Crippen LogP contribution < -0.4 is 0 Å². The molecule has 1 rings (SSSR count). The van der Waals surface area contributed by atoms with Crippen molar-refractivity contribution < 1.29 is 24.3 Å². The van der Waals surface area contributed by atoms with Gasteiger partial charge in [0.1, 0.15) is 6.10 Å². The zero-order valence-corrected chi connectivity index (χ0v) is 9.90. The van der Waals surface area contributed by atoms with Crippen molar-refractivity contribution in [1.82, 2.24) is 0 Å². The zero-order chi connectivity index (χ0) is 13.7. The van der Waals surface area contributed by atoms with Gasteiger partial charge in [-0.25, -0.2) is 4.79 Å². The summed E-state index contributed by atoms with van der Waals surface area (Å²) in [6, 6.07) is 5.20. The SMILES string of the molecule is COC(=O)[C@H](OC)[C@@H](O)c1ccc([N+](=O)[O-])cc1. The predicted octanol–water partition coefficient (Wildman–Crippen LogP) is 0.816. The number of non-ortho nitro benzene ring substituents is 1. The minimum Gasteiger partial charge on any atom is -0.467 e. The second-order valence-corrected chi connectivity index (χ2v) is 3.47. The summed E-state index contributed by atoms with van der Waals surface area (Å²) in [5.41, 5.74) is 0.232. The van der Waals surface area contributed by atoms with E-state index in [4.69, 9.17) is 4.74 Å². The van der Waals surface area contributed by atoms with Gasteiger partial charge in [0.25, 0.3) is 5.69 Å². The van der Waals surface area contributed by atoms with Gasteiger partial charge in [-0.2, -0.15) is 0 Å². The number of carbonyl (C=O) groups is 1. The first kappa shape index (κ1) is 14.1. The number of nitro benzene ring substituents is 1. The molecule has 2 atom stereocenters. The van der Waals surface area contributed by atoms with E-state index in [1.165, 1.54) is 38.5 Å². The van der Waals surface area contributed by atoms with Crippen molar-refractivity contribution in [1.29, 1.82) is 0 Å². The number of nitro groups is 1. The van der Waals surface area contributed by atoms with Crippen molar-refractivity contribution in [2.45, 2.75) is 12.2 Å². The van der Waals surface area contributed by atoms with Crippen LogP contribution in [-0.4, -0.2) is 36.3 Å². The number of nitrogens with zero attached hydrogens (tertiary/aromatic N) is 1. The molecule has 0 saturated carbocycles. The molecule has 1 N–H and O–H groups in total. The molecule has 0 amide bonds. The maximum atomic E-state index is 11.3. The zero-order valence-electron chi connectivity index (χ0n) is 9.90. The van der Waals surface area contributed by atoms with Crippen LogP contribution in [-0.2, 0) is 14.3 Å². The lowest BCUT2D eigenvalue weighted by Gasteiger charge is -2.19. The minimum absolute atomic E-state index is 0.0991.